The van der Waals surface area contributed by atoms with Crippen LogP contribution in [0, 0.1) is 13.8 Å². The highest BCUT2D eigenvalue weighted by atomic mass is 16.5. The molecule has 1 aromatic carbocycles. The molecule has 30 heavy (non-hydrogen) atoms. The standard InChI is InChI=1S/C21H25N5O4/c1-14-19(15(2)30-23-14)12-25-11-17(10-22-25)26-20(27)13-24(21(26)28)9-8-16-4-6-18(29-3)7-5-16/h4-7,10-11,21,28H,8-9,12-13H2,1-3H3. The summed E-state index contributed by atoms with van der Waals surface area (Å²) in [6, 6.07) is 7.78. The average Bonchev–Trinajstić information content (AvgIpc) is 3.41. The van der Waals surface area contributed by atoms with Crippen LogP contribution in [0.3, 0.4) is 0 Å². The van der Waals surface area contributed by atoms with Crippen molar-refractivity contribution in [1.82, 2.24) is 19.8 Å². The molecule has 3 heterocycles. The van der Waals surface area contributed by atoms with E-state index in [1.807, 2.05) is 38.1 Å². The van der Waals surface area contributed by atoms with Gasteiger partial charge in [0.25, 0.3) is 0 Å². The van der Waals surface area contributed by atoms with E-state index in [4.69, 9.17) is 9.26 Å². The van der Waals surface area contributed by atoms with E-state index in [0.717, 1.165) is 28.3 Å². The van der Waals surface area contributed by atoms with Gasteiger partial charge in [-0.25, -0.2) is 0 Å². The molecule has 1 atom stereocenters. The van der Waals surface area contributed by atoms with Crippen LogP contribution in [0.15, 0.2) is 41.2 Å². The van der Waals surface area contributed by atoms with Crippen LogP contribution in [0.2, 0.25) is 0 Å². The van der Waals surface area contributed by atoms with E-state index in [2.05, 4.69) is 10.3 Å². The van der Waals surface area contributed by atoms with Crippen molar-refractivity contribution >= 4 is 11.6 Å². The van der Waals surface area contributed by atoms with Crippen molar-refractivity contribution in [2.24, 2.45) is 0 Å². The molecule has 1 fully saturated rings. The molecular formula is C21H25N5O4. The Kier molecular flexibility index (Phi) is 5.56. The molecule has 4 rings (SSSR count). The van der Waals surface area contributed by atoms with E-state index in [-0.39, 0.29) is 12.5 Å². The maximum absolute atomic E-state index is 12.6. The Hall–Kier alpha value is -3.17. The normalized spacial score (nSPS) is 17.1. The molecule has 1 aliphatic rings. The van der Waals surface area contributed by atoms with Gasteiger partial charge >= 0.3 is 0 Å². The summed E-state index contributed by atoms with van der Waals surface area (Å²) in [6.45, 7) is 4.94. The maximum atomic E-state index is 12.6. The molecule has 1 amide bonds. The largest absolute Gasteiger partial charge is 0.497 e. The van der Waals surface area contributed by atoms with Crippen LogP contribution in [0.1, 0.15) is 22.6 Å². The van der Waals surface area contributed by atoms with Gasteiger partial charge in [-0.1, -0.05) is 17.3 Å². The Morgan fingerprint density at radius 1 is 1.27 bits per heavy atom. The first kappa shape index (κ1) is 20.1. The molecule has 1 N–H and O–H groups in total. The number of ether oxygens (including phenoxy) is 1. The Morgan fingerprint density at radius 3 is 2.70 bits per heavy atom. The van der Waals surface area contributed by atoms with Crippen molar-refractivity contribution in [3.8, 4) is 5.75 Å². The van der Waals surface area contributed by atoms with E-state index in [1.54, 1.807) is 29.1 Å². The summed E-state index contributed by atoms with van der Waals surface area (Å²) in [4.78, 5) is 15.7. The molecule has 1 unspecified atom stereocenters. The number of carbonyl (C=O) groups is 1. The molecule has 0 saturated carbocycles. The molecule has 0 radical (unpaired) electrons. The lowest BCUT2D eigenvalue weighted by atomic mass is 10.1. The summed E-state index contributed by atoms with van der Waals surface area (Å²) in [5, 5.41) is 19.0. The van der Waals surface area contributed by atoms with Gasteiger partial charge in [-0.2, -0.15) is 5.10 Å². The van der Waals surface area contributed by atoms with Gasteiger partial charge in [0.1, 0.15) is 11.5 Å². The molecule has 2 aromatic heterocycles. The van der Waals surface area contributed by atoms with Crippen molar-refractivity contribution in [2.45, 2.75) is 33.2 Å². The molecule has 158 valence electrons. The third-order valence-electron chi connectivity index (χ3n) is 5.41. The first-order valence-corrected chi connectivity index (χ1v) is 9.77. The minimum atomic E-state index is -1.02. The molecule has 3 aromatic rings. The second kappa shape index (κ2) is 8.29. The van der Waals surface area contributed by atoms with Crippen LogP contribution in [0.25, 0.3) is 0 Å². The number of hydrogen-bond acceptors (Lipinski definition) is 7. The second-order valence-electron chi connectivity index (χ2n) is 7.38. The van der Waals surface area contributed by atoms with Crippen LogP contribution in [-0.2, 0) is 17.8 Å². The number of aliphatic hydroxyl groups is 1. The number of methoxy groups -OCH3 is 1. The van der Waals surface area contributed by atoms with Crippen molar-refractivity contribution in [1.29, 1.82) is 0 Å². The quantitative estimate of drug-likeness (QED) is 0.632. The molecule has 0 bridgehead atoms. The number of aromatic nitrogens is 3. The fourth-order valence-electron chi connectivity index (χ4n) is 3.61. The van der Waals surface area contributed by atoms with Gasteiger partial charge in [-0.05, 0) is 38.0 Å². The molecule has 1 aliphatic heterocycles. The minimum Gasteiger partial charge on any atom is -0.497 e. The number of hydrogen-bond donors (Lipinski definition) is 1. The molecule has 0 spiro atoms. The highest BCUT2D eigenvalue weighted by Crippen LogP contribution is 2.24. The number of anilines is 1. The van der Waals surface area contributed by atoms with E-state index >= 15 is 0 Å². The SMILES string of the molecule is COc1ccc(CCN2CC(=O)N(c3cnn(Cc4c(C)noc4C)c3)C2O)cc1. The van der Waals surface area contributed by atoms with Crippen LogP contribution < -0.4 is 9.64 Å². The van der Waals surface area contributed by atoms with Crippen LogP contribution in [-0.4, -0.2) is 57.4 Å². The van der Waals surface area contributed by atoms with Crippen molar-refractivity contribution < 1.29 is 19.2 Å². The first-order valence-electron chi connectivity index (χ1n) is 9.77. The smallest absolute Gasteiger partial charge is 0.244 e. The van der Waals surface area contributed by atoms with Crippen LogP contribution in [0.4, 0.5) is 5.69 Å². The van der Waals surface area contributed by atoms with Crippen LogP contribution in [0.5, 0.6) is 5.75 Å². The molecule has 1 saturated heterocycles. The summed E-state index contributed by atoms with van der Waals surface area (Å²) in [5.41, 5.74) is 3.44. The number of carbonyl (C=O) groups excluding carboxylic acids is 1. The van der Waals surface area contributed by atoms with E-state index in [9.17, 15) is 9.90 Å². The lowest BCUT2D eigenvalue weighted by Crippen LogP contribution is -2.40. The van der Waals surface area contributed by atoms with Gasteiger partial charge in [0.05, 0.1) is 37.8 Å². The monoisotopic (exact) mass is 411 g/mol. The maximum Gasteiger partial charge on any atom is 0.244 e. The second-order valence-corrected chi connectivity index (χ2v) is 7.38. The fourth-order valence-corrected chi connectivity index (χ4v) is 3.61. The fraction of sp³-hybridized carbons (Fsp3) is 0.381. The zero-order valence-corrected chi connectivity index (χ0v) is 17.3. The Morgan fingerprint density at radius 2 is 2.03 bits per heavy atom. The Balaban J connectivity index is 1.41. The average molecular weight is 411 g/mol. The van der Waals surface area contributed by atoms with Crippen molar-refractivity contribution in [2.75, 3.05) is 25.1 Å². The Bertz CT molecular complexity index is 1010. The van der Waals surface area contributed by atoms with Gasteiger partial charge in [-0.15, -0.1) is 0 Å². The van der Waals surface area contributed by atoms with Crippen molar-refractivity contribution in [3.05, 3.63) is 59.2 Å². The Labute approximate surface area is 174 Å². The summed E-state index contributed by atoms with van der Waals surface area (Å²) in [5.74, 6) is 1.38. The molecule has 9 nitrogen and oxygen atoms in total. The van der Waals surface area contributed by atoms with E-state index in [1.165, 1.54) is 4.90 Å². The van der Waals surface area contributed by atoms with E-state index in [0.29, 0.717) is 25.2 Å². The predicted octanol–water partition coefficient (Wildman–Crippen LogP) is 1.71. The lowest BCUT2D eigenvalue weighted by molar-refractivity contribution is -0.116. The number of benzene rings is 1. The third-order valence-corrected chi connectivity index (χ3v) is 5.41. The number of rotatable bonds is 7. The summed E-state index contributed by atoms with van der Waals surface area (Å²) >= 11 is 0. The molecular weight excluding hydrogens is 386 g/mol. The highest BCUT2D eigenvalue weighted by Gasteiger charge is 2.37. The van der Waals surface area contributed by atoms with Gasteiger partial charge in [-0.3, -0.25) is 19.3 Å². The predicted molar refractivity (Wildman–Crippen MR) is 109 cm³/mol. The zero-order chi connectivity index (χ0) is 21.3. The van der Waals surface area contributed by atoms with Gasteiger partial charge in [0.2, 0.25) is 5.91 Å². The first-order chi connectivity index (χ1) is 14.5. The number of amides is 1. The molecule has 9 heteroatoms. The zero-order valence-electron chi connectivity index (χ0n) is 17.3. The van der Waals surface area contributed by atoms with Gasteiger partial charge in [0, 0.05) is 18.3 Å². The summed E-state index contributed by atoms with van der Waals surface area (Å²) in [7, 11) is 1.63. The van der Waals surface area contributed by atoms with Crippen molar-refractivity contribution in [3.63, 3.8) is 0 Å². The van der Waals surface area contributed by atoms with Gasteiger partial charge in [0.15, 0.2) is 6.35 Å². The number of nitrogens with zero attached hydrogens (tertiary/aromatic N) is 5. The topological polar surface area (TPSA) is 96.9 Å². The summed E-state index contributed by atoms with van der Waals surface area (Å²) in [6.07, 6.45) is 3.03. The summed E-state index contributed by atoms with van der Waals surface area (Å²) < 4.78 is 12.1. The number of aliphatic hydroxyl groups excluding tert-OH is 1. The lowest BCUT2D eigenvalue weighted by Gasteiger charge is -2.24. The highest BCUT2D eigenvalue weighted by molar-refractivity contribution is 5.96. The molecule has 0 aliphatic carbocycles. The minimum absolute atomic E-state index is 0.158. The third kappa shape index (κ3) is 3.94. The van der Waals surface area contributed by atoms with Gasteiger partial charge < -0.3 is 14.4 Å². The number of aryl methyl sites for hydroxylation is 2. The van der Waals surface area contributed by atoms with E-state index < -0.39 is 6.35 Å². The van der Waals surface area contributed by atoms with Crippen LogP contribution >= 0.6 is 0 Å².